The largest absolute Gasteiger partial charge is 0.444 e. The molecule has 0 aromatic heterocycles. The fourth-order valence-electron chi connectivity index (χ4n) is 4.33. The summed E-state index contributed by atoms with van der Waals surface area (Å²) in [6, 6.07) is 9.10. The number of rotatable bonds is 6. The maximum atomic E-state index is 15.2. The number of benzene rings is 2. The lowest BCUT2D eigenvalue weighted by atomic mass is 9.91. The van der Waals surface area contributed by atoms with Gasteiger partial charge in [0.25, 0.3) is 5.91 Å². The number of piperidine rings is 1. The highest BCUT2D eigenvalue weighted by atomic mass is 32.2. The van der Waals surface area contributed by atoms with Crippen molar-refractivity contribution in [3.05, 3.63) is 58.9 Å². The zero-order chi connectivity index (χ0) is 27.5. The van der Waals surface area contributed by atoms with Crippen molar-refractivity contribution >= 4 is 27.7 Å². The zero-order valence-electron chi connectivity index (χ0n) is 22.2. The molecule has 1 aliphatic heterocycles. The number of likely N-dealkylation sites (tertiary alicyclic amines) is 1. The van der Waals surface area contributed by atoms with Crippen LogP contribution in [0.3, 0.4) is 0 Å². The molecule has 1 saturated heterocycles. The smallest absolute Gasteiger partial charge is 0.410 e. The van der Waals surface area contributed by atoms with Crippen molar-refractivity contribution in [2.45, 2.75) is 70.9 Å². The van der Waals surface area contributed by atoms with Crippen molar-refractivity contribution in [1.29, 1.82) is 0 Å². The number of hydrogen-bond acceptors (Lipinski definition) is 5. The van der Waals surface area contributed by atoms with Gasteiger partial charge in [-0.05, 0) is 84.1 Å². The molecule has 1 aliphatic rings. The Morgan fingerprint density at radius 2 is 1.70 bits per heavy atom. The van der Waals surface area contributed by atoms with Gasteiger partial charge >= 0.3 is 6.09 Å². The van der Waals surface area contributed by atoms with Crippen LogP contribution in [0.1, 0.15) is 62.0 Å². The highest BCUT2D eigenvalue weighted by Crippen LogP contribution is 2.28. The van der Waals surface area contributed by atoms with Crippen LogP contribution in [0.4, 0.5) is 14.9 Å². The SMILES string of the molecule is Cc1ccccc1C(=O)Nc1ccc(S(=O)(=O)NC(C)C2CCN(C(=O)OC(C)(C)C)CC2)c(F)c1C. The molecule has 8 nitrogen and oxygen atoms in total. The number of aryl methyl sites for hydroxylation is 1. The third-order valence-corrected chi connectivity index (χ3v) is 8.09. The molecule has 0 radical (unpaired) electrons. The fraction of sp³-hybridized carbons (Fsp3) is 0.481. The van der Waals surface area contributed by atoms with E-state index in [1.54, 1.807) is 57.7 Å². The summed E-state index contributed by atoms with van der Waals surface area (Å²) in [5.41, 5.74) is 0.868. The Kier molecular flexibility index (Phi) is 8.64. The van der Waals surface area contributed by atoms with E-state index < -0.39 is 38.3 Å². The van der Waals surface area contributed by atoms with Gasteiger partial charge in [-0.15, -0.1) is 0 Å². The summed E-state index contributed by atoms with van der Waals surface area (Å²) in [5.74, 6) is -1.34. The number of carbonyl (C=O) groups excluding carboxylic acids is 2. The molecule has 10 heteroatoms. The minimum atomic E-state index is -4.16. The number of nitrogens with one attached hydrogen (secondary N) is 2. The molecule has 1 heterocycles. The molecule has 2 amide bonds. The molecule has 37 heavy (non-hydrogen) atoms. The van der Waals surface area contributed by atoms with E-state index in [1.807, 2.05) is 6.07 Å². The topological polar surface area (TPSA) is 105 Å². The van der Waals surface area contributed by atoms with Gasteiger partial charge in [0, 0.05) is 35.9 Å². The van der Waals surface area contributed by atoms with Crippen LogP contribution in [0.25, 0.3) is 0 Å². The monoisotopic (exact) mass is 533 g/mol. The number of halogens is 1. The normalized spacial score (nSPS) is 15.8. The van der Waals surface area contributed by atoms with E-state index in [0.717, 1.165) is 11.6 Å². The molecule has 0 aliphatic carbocycles. The van der Waals surface area contributed by atoms with Crippen LogP contribution < -0.4 is 10.0 Å². The van der Waals surface area contributed by atoms with Crippen molar-refractivity contribution in [3.8, 4) is 0 Å². The Bertz CT molecular complexity index is 1270. The quantitative estimate of drug-likeness (QED) is 0.543. The van der Waals surface area contributed by atoms with Crippen molar-refractivity contribution in [1.82, 2.24) is 9.62 Å². The standard InChI is InChI=1S/C27H36FN3O5S/c1-17-9-7-8-10-21(17)25(32)29-22-11-12-23(24(28)18(22)2)37(34,35)30-19(3)20-13-15-31(16-14-20)26(33)36-27(4,5)6/h7-12,19-20,30H,13-16H2,1-6H3,(H,29,32). The molecular weight excluding hydrogens is 497 g/mol. The molecule has 2 aromatic carbocycles. The Labute approximate surface area is 218 Å². The number of anilines is 1. The molecule has 2 aromatic rings. The molecule has 1 fully saturated rings. The maximum absolute atomic E-state index is 15.2. The van der Waals surface area contributed by atoms with Crippen LogP contribution in [0.2, 0.25) is 0 Å². The first-order chi connectivity index (χ1) is 17.2. The first-order valence-electron chi connectivity index (χ1n) is 12.4. The molecule has 1 atom stereocenters. The minimum Gasteiger partial charge on any atom is -0.444 e. The summed E-state index contributed by atoms with van der Waals surface area (Å²) in [7, 11) is -4.16. The van der Waals surface area contributed by atoms with Crippen LogP contribution in [-0.4, -0.2) is 50.1 Å². The average Bonchev–Trinajstić information content (AvgIpc) is 2.81. The fourth-order valence-corrected chi connectivity index (χ4v) is 5.78. The summed E-state index contributed by atoms with van der Waals surface area (Å²) in [6.45, 7) is 11.3. The molecule has 3 rings (SSSR count). The number of sulfonamides is 1. The Morgan fingerprint density at radius 1 is 1.08 bits per heavy atom. The van der Waals surface area contributed by atoms with Gasteiger partial charge in [0.1, 0.15) is 16.3 Å². The first-order valence-corrected chi connectivity index (χ1v) is 13.8. The van der Waals surface area contributed by atoms with Gasteiger partial charge in [-0.1, -0.05) is 18.2 Å². The predicted octanol–water partition coefficient (Wildman–Crippen LogP) is 5.01. The molecular formula is C27H36FN3O5S. The number of ether oxygens (including phenoxy) is 1. The third kappa shape index (κ3) is 7.07. The molecule has 0 spiro atoms. The highest BCUT2D eigenvalue weighted by molar-refractivity contribution is 7.89. The second-order valence-corrected chi connectivity index (χ2v) is 12.2. The van der Waals surface area contributed by atoms with Crippen molar-refractivity contribution in [3.63, 3.8) is 0 Å². The maximum Gasteiger partial charge on any atom is 0.410 e. The van der Waals surface area contributed by atoms with Crippen molar-refractivity contribution < 1.29 is 27.1 Å². The third-order valence-electron chi connectivity index (χ3n) is 6.52. The summed E-state index contributed by atoms with van der Waals surface area (Å²) in [5, 5.41) is 2.67. The lowest BCUT2D eigenvalue weighted by molar-refractivity contribution is 0.0174. The van der Waals surface area contributed by atoms with Crippen molar-refractivity contribution in [2.75, 3.05) is 18.4 Å². The lowest BCUT2D eigenvalue weighted by Gasteiger charge is -2.35. The van der Waals surface area contributed by atoms with E-state index in [1.165, 1.54) is 13.0 Å². The van der Waals surface area contributed by atoms with Crippen LogP contribution in [0, 0.1) is 25.6 Å². The van der Waals surface area contributed by atoms with Gasteiger partial charge in [0.05, 0.1) is 0 Å². The molecule has 202 valence electrons. The molecule has 0 bridgehead atoms. The lowest BCUT2D eigenvalue weighted by Crippen LogP contribution is -2.46. The van der Waals surface area contributed by atoms with E-state index >= 15 is 4.39 Å². The van der Waals surface area contributed by atoms with Crippen molar-refractivity contribution in [2.24, 2.45) is 5.92 Å². The van der Waals surface area contributed by atoms with E-state index in [-0.39, 0.29) is 23.3 Å². The summed E-state index contributed by atoms with van der Waals surface area (Å²) >= 11 is 0. The second-order valence-electron chi connectivity index (χ2n) is 10.5. The zero-order valence-corrected chi connectivity index (χ0v) is 23.0. The average molecular weight is 534 g/mol. The number of nitrogens with zero attached hydrogens (tertiary/aromatic N) is 1. The molecule has 2 N–H and O–H groups in total. The number of carbonyl (C=O) groups is 2. The Hall–Kier alpha value is -2.98. The van der Waals surface area contributed by atoms with Gasteiger partial charge in [-0.25, -0.2) is 22.3 Å². The second kappa shape index (κ2) is 11.2. The van der Waals surface area contributed by atoms with Gasteiger partial charge < -0.3 is 15.0 Å². The summed E-state index contributed by atoms with van der Waals surface area (Å²) in [6.07, 6.45) is 0.800. The van der Waals surface area contributed by atoms with Crippen LogP contribution >= 0.6 is 0 Å². The van der Waals surface area contributed by atoms with Gasteiger partial charge in [0.15, 0.2) is 0 Å². The van der Waals surface area contributed by atoms with Crippen LogP contribution in [0.5, 0.6) is 0 Å². The number of amides is 2. The van der Waals surface area contributed by atoms with Gasteiger partial charge in [-0.3, -0.25) is 4.79 Å². The van der Waals surface area contributed by atoms with Gasteiger partial charge in [-0.2, -0.15) is 0 Å². The van der Waals surface area contributed by atoms with E-state index in [0.29, 0.717) is 31.5 Å². The van der Waals surface area contributed by atoms with E-state index in [9.17, 15) is 18.0 Å². The van der Waals surface area contributed by atoms with Gasteiger partial charge in [0.2, 0.25) is 10.0 Å². The molecule has 0 saturated carbocycles. The van der Waals surface area contributed by atoms with Crippen LogP contribution in [-0.2, 0) is 14.8 Å². The summed E-state index contributed by atoms with van der Waals surface area (Å²) < 4.78 is 49.4. The predicted molar refractivity (Wildman–Crippen MR) is 141 cm³/mol. The highest BCUT2D eigenvalue weighted by Gasteiger charge is 2.32. The van der Waals surface area contributed by atoms with Crippen LogP contribution in [0.15, 0.2) is 41.3 Å². The Morgan fingerprint density at radius 3 is 2.30 bits per heavy atom. The first kappa shape index (κ1) is 28.6. The minimum absolute atomic E-state index is 0.0229. The molecule has 1 unspecified atom stereocenters. The van der Waals surface area contributed by atoms with E-state index in [4.69, 9.17) is 4.74 Å². The summed E-state index contributed by atoms with van der Waals surface area (Å²) in [4.78, 5) is 26.1. The Balaban J connectivity index is 1.66. The number of hydrogen-bond donors (Lipinski definition) is 2. The van der Waals surface area contributed by atoms with E-state index in [2.05, 4.69) is 10.0 Å².